The molecule has 3 nitrogen and oxygen atoms in total. The summed E-state index contributed by atoms with van der Waals surface area (Å²) in [5, 5.41) is 26.0. The molecule has 0 aromatic carbocycles. The standard InChI is InChI=1S/C7H14O3/c1-2-6(3-4-8)7(10)5-9/h2,6-10H,1,3-5H2. The van der Waals surface area contributed by atoms with Crippen molar-refractivity contribution in [3.05, 3.63) is 12.7 Å². The van der Waals surface area contributed by atoms with Crippen molar-refractivity contribution in [2.45, 2.75) is 12.5 Å². The first-order valence-corrected chi connectivity index (χ1v) is 3.28. The molecule has 0 amide bonds. The van der Waals surface area contributed by atoms with Crippen LogP contribution < -0.4 is 0 Å². The van der Waals surface area contributed by atoms with Crippen molar-refractivity contribution in [1.29, 1.82) is 0 Å². The quantitative estimate of drug-likeness (QED) is 0.459. The Labute approximate surface area is 60.6 Å². The molecule has 2 unspecified atom stereocenters. The summed E-state index contributed by atoms with van der Waals surface area (Å²) in [5.41, 5.74) is 0. The molecule has 0 aliphatic heterocycles. The van der Waals surface area contributed by atoms with Gasteiger partial charge >= 0.3 is 0 Å². The van der Waals surface area contributed by atoms with Crippen LogP contribution in [0.5, 0.6) is 0 Å². The van der Waals surface area contributed by atoms with Crippen molar-refractivity contribution in [3.8, 4) is 0 Å². The molecule has 0 spiro atoms. The molecule has 0 rings (SSSR count). The Hall–Kier alpha value is -0.380. The second kappa shape index (κ2) is 5.41. The molecule has 2 atom stereocenters. The third-order valence-corrected chi connectivity index (χ3v) is 1.45. The van der Waals surface area contributed by atoms with E-state index in [0.717, 1.165) is 0 Å². The summed E-state index contributed by atoms with van der Waals surface area (Å²) in [7, 11) is 0. The van der Waals surface area contributed by atoms with Crippen LogP contribution in [0.15, 0.2) is 12.7 Å². The molecule has 0 heterocycles. The lowest BCUT2D eigenvalue weighted by atomic mass is 10.00. The van der Waals surface area contributed by atoms with Gasteiger partial charge in [0.15, 0.2) is 0 Å². The Bertz CT molecular complexity index is 92.9. The van der Waals surface area contributed by atoms with Crippen LogP contribution in [0.4, 0.5) is 0 Å². The summed E-state index contributed by atoms with van der Waals surface area (Å²) in [4.78, 5) is 0. The van der Waals surface area contributed by atoms with Gasteiger partial charge in [0.2, 0.25) is 0 Å². The van der Waals surface area contributed by atoms with Gasteiger partial charge < -0.3 is 15.3 Å². The lowest BCUT2D eigenvalue weighted by Crippen LogP contribution is -2.23. The van der Waals surface area contributed by atoms with E-state index < -0.39 is 6.10 Å². The van der Waals surface area contributed by atoms with E-state index in [0.29, 0.717) is 6.42 Å². The molecular weight excluding hydrogens is 132 g/mol. The van der Waals surface area contributed by atoms with E-state index in [2.05, 4.69) is 6.58 Å². The van der Waals surface area contributed by atoms with Crippen molar-refractivity contribution < 1.29 is 15.3 Å². The minimum atomic E-state index is -0.787. The van der Waals surface area contributed by atoms with Crippen LogP contribution in [-0.2, 0) is 0 Å². The second-order valence-electron chi connectivity index (χ2n) is 2.16. The fourth-order valence-electron chi connectivity index (χ4n) is 0.752. The molecule has 0 aromatic rings. The van der Waals surface area contributed by atoms with Crippen LogP contribution in [0.3, 0.4) is 0 Å². The average molecular weight is 146 g/mol. The summed E-state index contributed by atoms with van der Waals surface area (Å²) in [6, 6.07) is 0. The smallest absolute Gasteiger partial charge is 0.0834 e. The lowest BCUT2D eigenvalue weighted by molar-refractivity contribution is 0.0541. The Morgan fingerprint density at radius 2 is 2.00 bits per heavy atom. The Morgan fingerprint density at radius 1 is 1.40 bits per heavy atom. The van der Waals surface area contributed by atoms with E-state index in [1.807, 2.05) is 0 Å². The van der Waals surface area contributed by atoms with Gasteiger partial charge in [0.1, 0.15) is 0 Å². The van der Waals surface area contributed by atoms with Crippen molar-refractivity contribution in [1.82, 2.24) is 0 Å². The maximum absolute atomic E-state index is 9.02. The average Bonchev–Trinajstić information content (AvgIpc) is 1.99. The van der Waals surface area contributed by atoms with Gasteiger partial charge in [0.05, 0.1) is 12.7 Å². The highest BCUT2D eigenvalue weighted by molar-refractivity contribution is 4.83. The minimum absolute atomic E-state index is 0.00769. The minimum Gasteiger partial charge on any atom is -0.396 e. The van der Waals surface area contributed by atoms with Crippen molar-refractivity contribution in [3.63, 3.8) is 0 Å². The molecule has 0 fully saturated rings. The predicted molar refractivity (Wildman–Crippen MR) is 38.5 cm³/mol. The zero-order valence-electron chi connectivity index (χ0n) is 5.90. The molecule has 0 aliphatic carbocycles. The predicted octanol–water partition coefficient (Wildman–Crippen LogP) is -0.476. The monoisotopic (exact) mass is 146 g/mol. The molecule has 10 heavy (non-hydrogen) atoms. The lowest BCUT2D eigenvalue weighted by Gasteiger charge is -2.15. The van der Waals surface area contributed by atoms with Gasteiger partial charge in [-0.2, -0.15) is 0 Å². The van der Waals surface area contributed by atoms with Crippen LogP contribution in [0.2, 0.25) is 0 Å². The van der Waals surface area contributed by atoms with Crippen molar-refractivity contribution in [2.75, 3.05) is 13.2 Å². The summed E-state index contributed by atoms with van der Waals surface area (Å²) in [6.07, 6.45) is 1.20. The van der Waals surface area contributed by atoms with E-state index in [9.17, 15) is 0 Å². The molecule has 0 saturated carbocycles. The highest BCUT2D eigenvalue weighted by Gasteiger charge is 2.13. The molecule has 0 saturated heterocycles. The second-order valence-corrected chi connectivity index (χ2v) is 2.16. The van der Waals surface area contributed by atoms with E-state index in [-0.39, 0.29) is 19.1 Å². The largest absolute Gasteiger partial charge is 0.396 e. The normalized spacial score (nSPS) is 16.3. The molecule has 60 valence electrons. The van der Waals surface area contributed by atoms with Gasteiger partial charge in [-0.25, -0.2) is 0 Å². The van der Waals surface area contributed by atoms with Crippen LogP contribution in [-0.4, -0.2) is 34.6 Å². The highest BCUT2D eigenvalue weighted by atomic mass is 16.3. The number of aliphatic hydroxyl groups is 3. The van der Waals surface area contributed by atoms with Crippen LogP contribution in [0.25, 0.3) is 0 Å². The van der Waals surface area contributed by atoms with E-state index in [1.165, 1.54) is 6.08 Å². The molecule has 0 aliphatic rings. The maximum atomic E-state index is 9.02. The summed E-state index contributed by atoms with van der Waals surface area (Å²) >= 11 is 0. The first kappa shape index (κ1) is 9.62. The first-order valence-electron chi connectivity index (χ1n) is 3.28. The first-order chi connectivity index (χ1) is 4.76. The topological polar surface area (TPSA) is 60.7 Å². The Morgan fingerprint density at radius 3 is 2.30 bits per heavy atom. The SMILES string of the molecule is C=CC(CCO)C(O)CO. The zero-order valence-corrected chi connectivity index (χ0v) is 5.90. The third kappa shape index (κ3) is 2.96. The number of hydrogen-bond donors (Lipinski definition) is 3. The van der Waals surface area contributed by atoms with E-state index in [4.69, 9.17) is 15.3 Å². The number of rotatable bonds is 5. The van der Waals surface area contributed by atoms with Crippen LogP contribution in [0, 0.1) is 5.92 Å². The summed E-state index contributed by atoms with van der Waals surface area (Å²) < 4.78 is 0. The van der Waals surface area contributed by atoms with Gasteiger partial charge in [-0.3, -0.25) is 0 Å². The fraction of sp³-hybridized carbons (Fsp3) is 0.714. The van der Waals surface area contributed by atoms with E-state index >= 15 is 0 Å². The summed E-state index contributed by atoms with van der Waals surface area (Å²) in [5.74, 6) is -0.199. The van der Waals surface area contributed by atoms with Gasteiger partial charge in [-0.05, 0) is 6.42 Å². The van der Waals surface area contributed by atoms with Gasteiger partial charge in [0, 0.05) is 12.5 Å². The maximum Gasteiger partial charge on any atom is 0.0834 e. The van der Waals surface area contributed by atoms with Crippen LogP contribution in [0.1, 0.15) is 6.42 Å². The fourth-order valence-corrected chi connectivity index (χ4v) is 0.752. The molecule has 0 radical (unpaired) electrons. The Balaban J connectivity index is 3.67. The zero-order chi connectivity index (χ0) is 7.98. The van der Waals surface area contributed by atoms with Gasteiger partial charge in [0.25, 0.3) is 0 Å². The van der Waals surface area contributed by atoms with Gasteiger partial charge in [-0.15, -0.1) is 6.58 Å². The number of aliphatic hydroxyl groups excluding tert-OH is 3. The number of hydrogen-bond acceptors (Lipinski definition) is 3. The van der Waals surface area contributed by atoms with Gasteiger partial charge in [-0.1, -0.05) is 6.08 Å². The van der Waals surface area contributed by atoms with Crippen LogP contribution >= 0.6 is 0 Å². The highest BCUT2D eigenvalue weighted by Crippen LogP contribution is 2.08. The van der Waals surface area contributed by atoms with Crippen molar-refractivity contribution in [2.24, 2.45) is 5.92 Å². The summed E-state index contributed by atoms with van der Waals surface area (Å²) in [6.45, 7) is 3.19. The molecule has 3 N–H and O–H groups in total. The molecule has 0 aromatic heterocycles. The molecule has 3 heteroatoms. The molecular formula is C7H14O3. The molecule has 0 bridgehead atoms. The third-order valence-electron chi connectivity index (χ3n) is 1.45. The Kier molecular flexibility index (Phi) is 5.20. The van der Waals surface area contributed by atoms with Crippen molar-refractivity contribution >= 4 is 0 Å². The van der Waals surface area contributed by atoms with E-state index in [1.54, 1.807) is 0 Å².